The number of morpholine rings is 1. The molecule has 0 saturated carbocycles. The van der Waals surface area contributed by atoms with Gasteiger partial charge in [-0.3, -0.25) is 4.90 Å². The number of hydrogen-bond acceptors (Lipinski definition) is 3. The van der Waals surface area contributed by atoms with Gasteiger partial charge in [-0.25, -0.2) is 4.39 Å². The van der Waals surface area contributed by atoms with E-state index >= 15 is 0 Å². The maximum atomic E-state index is 13.6. The first kappa shape index (κ1) is 16.0. The Morgan fingerprint density at radius 2 is 2.00 bits per heavy atom. The van der Waals surface area contributed by atoms with Gasteiger partial charge in [0.1, 0.15) is 11.9 Å². The molecule has 4 heteroatoms. The maximum Gasteiger partial charge on any atom is 0.140 e. The van der Waals surface area contributed by atoms with Crippen LogP contribution >= 0.6 is 0 Å². The van der Waals surface area contributed by atoms with Crippen LogP contribution < -0.4 is 0 Å². The summed E-state index contributed by atoms with van der Waals surface area (Å²) >= 11 is 0. The highest BCUT2D eigenvalue weighted by Gasteiger charge is 2.34. The van der Waals surface area contributed by atoms with Gasteiger partial charge in [0.2, 0.25) is 0 Å². The predicted octanol–water partition coefficient (Wildman–Crippen LogP) is 3.75. The topological polar surface area (TPSA) is 36.3 Å². The van der Waals surface area contributed by atoms with E-state index in [1.807, 2.05) is 12.1 Å². The van der Waals surface area contributed by atoms with E-state index in [2.05, 4.69) is 35.2 Å². The predicted molar refractivity (Wildman–Crippen MR) is 94.1 cm³/mol. The van der Waals surface area contributed by atoms with E-state index in [0.29, 0.717) is 19.3 Å². The molecule has 0 spiro atoms. The summed E-state index contributed by atoms with van der Waals surface area (Å²) < 4.78 is 19.4. The summed E-state index contributed by atoms with van der Waals surface area (Å²) in [4.78, 5) is 2.48. The van der Waals surface area contributed by atoms with Crippen molar-refractivity contribution in [3.63, 3.8) is 0 Å². The Morgan fingerprint density at radius 1 is 1.16 bits per heavy atom. The Balaban J connectivity index is 1.62. The number of fused-ring (bicyclic) bond motifs is 2. The third-order valence-corrected chi connectivity index (χ3v) is 5.01. The Hall–Kier alpha value is -2.48. The number of ether oxygens (including phenoxy) is 1. The van der Waals surface area contributed by atoms with Gasteiger partial charge >= 0.3 is 0 Å². The van der Waals surface area contributed by atoms with E-state index in [4.69, 9.17) is 10.00 Å². The first-order chi connectivity index (χ1) is 12.2. The fourth-order valence-electron chi connectivity index (χ4n) is 3.73. The monoisotopic (exact) mass is 334 g/mol. The fraction of sp³-hybridized carbons (Fsp3) is 0.286. The molecule has 3 nitrogen and oxygen atoms in total. The summed E-state index contributed by atoms with van der Waals surface area (Å²) in [6.07, 6.45) is 3.06. The molecule has 126 valence electrons. The van der Waals surface area contributed by atoms with Gasteiger partial charge in [0, 0.05) is 12.6 Å². The molecule has 4 rings (SSSR count). The zero-order valence-corrected chi connectivity index (χ0v) is 13.9. The van der Waals surface area contributed by atoms with Crippen molar-refractivity contribution in [3.8, 4) is 6.07 Å². The summed E-state index contributed by atoms with van der Waals surface area (Å²) in [5, 5.41) is 9.07. The zero-order valence-electron chi connectivity index (χ0n) is 13.9. The largest absolute Gasteiger partial charge is 0.378 e. The van der Waals surface area contributed by atoms with E-state index in [-0.39, 0.29) is 11.6 Å². The molecule has 2 atom stereocenters. The molecule has 1 saturated heterocycles. The number of rotatable bonds is 3. The SMILES string of the molecule is N#Cc1cc(C2=CC3COCC(C2)N3Cc2ccccc2)ccc1F. The molecule has 2 aliphatic rings. The molecule has 0 aromatic heterocycles. The molecule has 2 aromatic rings. The second-order valence-corrected chi connectivity index (χ2v) is 6.62. The minimum absolute atomic E-state index is 0.103. The van der Waals surface area contributed by atoms with E-state index in [1.54, 1.807) is 12.1 Å². The average molecular weight is 334 g/mol. The Bertz CT molecular complexity index is 841. The van der Waals surface area contributed by atoms with Crippen LogP contribution in [-0.4, -0.2) is 30.2 Å². The Morgan fingerprint density at radius 3 is 2.76 bits per heavy atom. The Labute approximate surface area is 147 Å². The van der Waals surface area contributed by atoms with Crippen molar-refractivity contribution in [2.24, 2.45) is 0 Å². The summed E-state index contributed by atoms with van der Waals surface area (Å²) in [6.45, 7) is 2.27. The lowest BCUT2D eigenvalue weighted by Crippen LogP contribution is -2.53. The van der Waals surface area contributed by atoms with Crippen molar-refractivity contribution in [2.75, 3.05) is 13.2 Å². The lowest BCUT2D eigenvalue weighted by molar-refractivity contribution is -0.0402. The molecule has 2 heterocycles. The lowest BCUT2D eigenvalue weighted by atomic mass is 9.89. The molecule has 0 amide bonds. The van der Waals surface area contributed by atoms with Gasteiger partial charge in [0.15, 0.2) is 0 Å². The summed E-state index contributed by atoms with van der Waals surface area (Å²) in [5.74, 6) is -0.461. The fourth-order valence-corrected chi connectivity index (χ4v) is 3.73. The van der Waals surface area contributed by atoms with Crippen LogP contribution in [0.1, 0.15) is 23.1 Å². The van der Waals surface area contributed by atoms with E-state index in [9.17, 15) is 4.39 Å². The minimum Gasteiger partial charge on any atom is -0.378 e. The van der Waals surface area contributed by atoms with Crippen molar-refractivity contribution in [1.29, 1.82) is 5.26 Å². The number of halogens is 1. The van der Waals surface area contributed by atoms with Crippen molar-refractivity contribution in [3.05, 3.63) is 77.1 Å². The summed E-state index contributed by atoms with van der Waals surface area (Å²) in [7, 11) is 0. The van der Waals surface area contributed by atoms with Gasteiger partial charge in [-0.2, -0.15) is 5.26 Å². The number of benzene rings is 2. The van der Waals surface area contributed by atoms with Gasteiger partial charge in [-0.1, -0.05) is 42.5 Å². The van der Waals surface area contributed by atoms with Crippen LogP contribution in [0, 0.1) is 17.1 Å². The first-order valence-electron chi connectivity index (χ1n) is 8.53. The van der Waals surface area contributed by atoms with Crippen molar-refractivity contribution >= 4 is 5.57 Å². The molecule has 25 heavy (non-hydrogen) atoms. The number of hydrogen-bond donors (Lipinski definition) is 0. The van der Waals surface area contributed by atoms with Crippen molar-refractivity contribution in [2.45, 2.75) is 25.0 Å². The zero-order chi connectivity index (χ0) is 17.2. The van der Waals surface area contributed by atoms with Gasteiger partial charge in [0.25, 0.3) is 0 Å². The summed E-state index contributed by atoms with van der Waals surface area (Å²) in [5.41, 5.74) is 3.52. The van der Waals surface area contributed by atoms with E-state index < -0.39 is 5.82 Å². The van der Waals surface area contributed by atoms with Crippen molar-refractivity contribution in [1.82, 2.24) is 4.90 Å². The van der Waals surface area contributed by atoms with Gasteiger partial charge in [-0.05, 0) is 35.3 Å². The molecule has 2 bridgehead atoms. The number of nitriles is 1. The highest BCUT2D eigenvalue weighted by atomic mass is 19.1. The lowest BCUT2D eigenvalue weighted by Gasteiger charge is -2.44. The molecule has 2 aliphatic heterocycles. The number of nitrogens with zero attached hydrogens (tertiary/aromatic N) is 2. The van der Waals surface area contributed by atoms with Crippen LogP contribution in [0.25, 0.3) is 5.57 Å². The van der Waals surface area contributed by atoms with Crippen LogP contribution in [-0.2, 0) is 11.3 Å². The summed E-state index contributed by atoms with van der Waals surface area (Å²) in [6, 6.07) is 17.7. The third-order valence-electron chi connectivity index (χ3n) is 5.01. The van der Waals surface area contributed by atoms with Gasteiger partial charge in [-0.15, -0.1) is 0 Å². The average Bonchev–Trinajstić information content (AvgIpc) is 2.63. The maximum absolute atomic E-state index is 13.6. The van der Waals surface area contributed by atoms with E-state index in [0.717, 1.165) is 18.5 Å². The highest BCUT2D eigenvalue weighted by molar-refractivity contribution is 5.69. The first-order valence-corrected chi connectivity index (χ1v) is 8.53. The van der Waals surface area contributed by atoms with Crippen LogP contribution in [0.2, 0.25) is 0 Å². The highest BCUT2D eigenvalue weighted by Crippen LogP contribution is 2.34. The molecule has 0 N–H and O–H groups in total. The molecule has 0 aliphatic carbocycles. The Kier molecular flexibility index (Phi) is 4.35. The molecular weight excluding hydrogens is 315 g/mol. The van der Waals surface area contributed by atoms with Crippen LogP contribution in [0.4, 0.5) is 4.39 Å². The molecular formula is C21H19FN2O. The van der Waals surface area contributed by atoms with Crippen molar-refractivity contribution < 1.29 is 9.13 Å². The normalized spacial score (nSPS) is 23.0. The molecule has 2 unspecified atom stereocenters. The van der Waals surface area contributed by atoms with Crippen LogP contribution in [0.15, 0.2) is 54.6 Å². The second kappa shape index (κ2) is 6.79. The van der Waals surface area contributed by atoms with Crippen LogP contribution in [0.3, 0.4) is 0 Å². The minimum atomic E-state index is -0.461. The van der Waals surface area contributed by atoms with Gasteiger partial charge < -0.3 is 4.74 Å². The van der Waals surface area contributed by atoms with E-state index in [1.165, 1.54) is 17.2 Å². The quantitative estimate of drug-likeness (QED) is 0.858. The molecule has 1 fully saturated rings. The molecule has 0 radical (unpaired) electrons. The van der Waals surface area contributed by atoms with Crippen LogP contribution in [0.5, 0.6) is 0 Å². The second-order valence-electron chi connectivity index (χ2n) is 6.62. The third kappa shape index (κ3) is 3.21. The van der Waals surface area contributed by atoms with Gasteiger partial charge in [0.05, 0.1) is 24.8 Å². The molecule has 2 aromatic carbocycles. The smallest absolute Gasteiger partial charge is 0.140 e. The standard InChI is InChI=1S/C21H19FN2O/c22-21-7-6-16(8-18(21)11-23)17-9-19-13-25-14-20(10-17)24(19)12-15-4-2-1-3-5-15/h1-9,19-20H,10,12-14H2.